The maximum Gasteiger partial charge on any atom is 0.472 e. The van der Waals surface area contributed by atoms with Gasteiger partial charge in [-0.15, -0.1) is 0 Å². The summed E-state index contributed by atoms with van der Waals surface area (Å²) in [6, 6.07) is 0. The highest BCUT2D eigenvalue weighted by atomic mass is 31.2. The van der Waals surface area contributed by atoms with Crippen LogP contribution in [0.15, 0.2) is 72.9 Å². The number of allylic oxidation sites excluding steroid dienone is 12. The second kappa shape index (κ2) is 43.5. The van der Waals surface area contributed by atoms with E-state index < -0.39 is 39.2 Å². The first-order valence-corrected chi connectivity index (χ1v) is 23.9. The molecule has 0 fully saturated rings. The smallest absolute Gasteiger partial charge is 0.457 e. The fourth-order valence-corrected chi connectivity index (χ4v) is 6.52. The SMILES string of the molecule is CC/C=C\C/C=C\C/C=C\C/C=C\C/C=C\CCCCCCCCCCOCC(COP(=O)(O)OCC(O)CO)OC(=O)CCCCCCC/C=C\CCCCC. The lowest BCUT2D eigenvalue weighted by molar-refractivity contribution is -0.154. The highest BCUT2D eigenvalue weighted by Crippen LogP contribution is 2.43. The molecule has 0 saturated carbocycles. The predicted octanol–water partition coefficient (Wildman–Crippen LogP) is 12.5. The molecule has 0 heterocycles. The van der Waals surface area contributed by atoms with Crippen molar-refractivity contribution in [1.29, 1.82) is 0 Å². The lowest BCUT2D eigenvalue weighted by Crippen LogP contribution is -2.29. The van der Waals surface area contributed by atoms with Gasteiger partial charge in [0, 0.05) is 13.0 Å². The van der Waals surface area contributed by atoms with E-state index in [0.717, 1.165) is 96.3 Å². The summed E-state index contributed by atoms with van der Waals surface area (Å²) in [5, 5.41) is 18.3. The number of rotatable bonds is 42. The van der Waals surface area contributed by atoms with Crippen LogP contribution in [0.3, 0.4) is 0 Å². The summed E-state index contributed by atoms with van der Waals surface area (Å²) in [6.07, 6.45) is 51.5. The number of aliphatic hydroxyl groups is 2. The third-order valence-corrected chi connectivity index (χ3v) is 10.1. The molecule has 0 aromatic rings. The largest absolute Gasteiger partial charge is 0.472 e. The van der Waals surface area contributed by atoms with Crippen LogP contribution in [0.2, 0.25) is 0 Å². The van der Waals surface area contributed by atoms with Crippen molar-refractivity contribution in [3.8, 4) is 0 Å². The lowest BCUT2D eigenvalue weighted by atomic mass is 10.1. The van der Waals surface area contributed by atoms with E-state index in [1.54, 1.807) is 0 Å². The number of carbonyl (C=O) groups excluding carboxylic acids is 1. The van der Waals surface area contributed by atoms with E-state index in [4.69, 9.17) is 23.6 Å². The Morgan fingerprint density at radius 2 is 1.00 bits per heavy atom. The van der Waals surface area contributed by atoms with Crippen molar-refractivity contribution in [2.75, 3.05) is 33.0 Å². The van der Waals surface area contributed by atoms with Crippen molar-refractivity contribution in [3.63, 3.8) is 0 Å². The zero-order chi connectivity index (χ0) is 41.8. The molecule has 9 nitrogen and oxygen atoms in total. The Labute approximate surface area is 348 Å². The van der Waals surface area contributed by atoms with Crippen LogP contribution >= 0.6 is 7.82 Å². The predicted molar refractivity (Wildman–Crippen MR) is 237 cm³/mol. The standard InChI is InChI=1S/C47H83O9P/c1-3-5-7-9-11-13-15-17-18-19-20-21-22-23-24-25-26-27-28-30-32-34-36-38-40-53-43-46(44-55-57(51,52)54-42-45(49)41-48)56-47(50)39-37-35-33-31-29-16-14-12-10-8-6-4-2/h5,7,11-14,17-18,20-21,23-24,45-46,48-49H,3-4,6,8-10,15-16,19,22,25-44H2,1-2H3,(H,51,52)/b7-5-,13-11-,14-12-,18-17-,21-20-,24-23-. The minimum atomic E-state index is -4.52. The number of aliphatic hydroxyl groups excluding tert-OH is 2. The monoisotopic (exact) mass is 823 g/mol. The number of unbranched alkanes of at least 4 members (excludes halogenated alkanes) is 16. The zero-order valence-electron chi connectivity index (χ0n) is 36.0. The van der Waals surface area contributed by atoms with Crippen molar-refractivity contribution in [2.45, 2.75) is 187 Å². The summed E-state index contributed by atoms with van der Waals surface area (Å²) in [7, 11) is -4.52. The van der Waals surface area contributed by atoms with Gasteiger partial charge in [0.1, 0.15) is 12.2 Å². The Morgan fingerprint density at radius 1 is 0.561 bits per heavy atom. The van der Waals surface area contributed by atoms with Gasteiger partial charge in [0.25, 0.3) is 0 Å². The normalized spacial score (nSPS) is 14.7. The van der Waals surface area contributed by atoms with E-state index in [1.807, 2.05) is 0 Å². The van der Waals surface area contributed by atoms with Gasteiger partial charge in [0.2, 0.25) is 0 Å². The van der Waals surface area contributed by atoms with E-state index in [-0.39, 0.29) is 19.6 Å². The van der Waals surface area contributed by atoms with Crippen LogP contribution in [0.1, 0.15) is 174 Å². The molecule has 0 aliphatic heterocycles. The minimum absolute atomic E-state index is 0.0366. The molecule has 0 aliphatic rings. The van der Waals surface area contributed by atoms with E-state index in [0.29, 0.717) is 13.0 Å². The fraction of sp³-hybridized carbons (Fsp3) is 0.723. The Kier molecular flexibility index (Phi) is 41.9. The molecule has 3 unspecified atom stereocenters. The molecule has 0 spiro atoms. The van der Waals surface area contributed by atoms with E-state index in [9.17, 15) is 19.4 Å². The molecule has 3 atom stereocenters. The van der Waals surface area contributed by atoms with E-state index in [1.165, 1.54) is 51.4 Å². The van der Waals surface area contributed by atoms with Crippen LogP contribution in [0, 0.1) is 0 Å². The molecular formula is C47H83O9P. The van der Waals surface area contributed by atoms with Crippen LogP contribution in [-0.4, -0.2) is 66.3 Å². The van der Waals surface area contributed by atoms with Gasteiger partial charge in [-0.25, -0.2) is 4.57 Å². The summed E-state index contributed by atoms with van der Waals surface area (Å²) in [6.45, 7) is 3.33. The average molecular weight is 823 g/mol. The molecule has 10 heteroatoms. The van der Waals surface area contributed by atoms with Gasteiger partial charge in [-0.3, -0.25) is 13.8 Å². The fourth-order valence-electron chi connectivity index (χ4n) is 5.73. The Hall–Kier alpha value is -2.10. The zero-order valence-corrected chi connectivity index (χ0v) is 36.9. The maximum absolute atomic E-state index is 12.6. The summed E-state index contributed by atoms with van der Waals surface area (Å²) < 4.78 is 33.3. The highest BCUT2D eigenvalue weighted by molar-refractivity contribution is 7.47. The minimum Gasteiger partial charge on any atom is -0.457 e. The molecule has 3 N–H and O–H groups in total. The van der Waals surface area contributed by atoms with Gasteiger partial charge < -0.3 is 24.6 Å². The van der Waals surface area contributed by atoms with E-state index >= 15 is 0 Å². The molecular weight excluding hydrogens is 739 g/mol. The number of esters is 1. The van der Waals surface area contributed by atoms with Crippen LogP contribution in [0.5, 0.6) is 0 Å². The van der Waals surface area contributed by atoms with Crippen LogP contribution in [-0.2, 0) is 27.9 Å². The number of hydrogen-bond donors (Lipinski definition) is 3. The topological polar surface area (TPSA) is 132 Å². The first kappa shape index (κ1) is 54.9. The van der Waals surface area contributed by atoms with Crippen LogP contribution < -0.4 is 0 Å². The van der Waals surface area contributed by atoms with Crippen LogP contribution in [0.25, 0.3) is 0 Å². The second-order valence-electron chi connectivity index (χ2n) is 14.7. The number of phosphoric ester groups is 1. The quantitative estimate of drug-likeness (QED) is 0.0238. The first-order chi connectivity index (χ1) is 27.8. The second-order valence-corrected chi connectivity index (χ2v) is 16.1. The molecule has 330 valence electrons. The van der Waals surface area contributed by atoms with Gasteiger partial charge in [-0.2, -0.15) is 0 Å². The average Bonchev–Trinajstić information content (AvgIpc) is 3.20. The molecule has 57 heavy (non-hydrogen) atoms. The maximum atomic E-state index is 12.6. The van der Waals surface area contributed by atoms with Gasteiger partial charge in [-0.1, -0.05) is 157 Å². The molecule has 0 aromatic heterocycles. The van der Waals surface area contributed by atoms with Crippen LogP contribution in [0.4, 0.5) is 0 Å². The summed E-state index contributed by atoms with van der Waals surface area (Å²) in [5.74, 6) is -0.399. The number of carbonyl (C=O) groups is 1. The van der Waals surface area contributed by atoms with Gasteiger partial charge in [0.05, 0.1) is 26.4 Å². The number of ether oxygens (including phenoxy) is 2. The summed E-state index contributed by atoms with van der Waals surface area (Å²) in [4.78, 5) is 22.5. The van der Waals surface area contributed by atoms with Crippen molar-refractivity contribution >= 4 is 13.8 Å². The molecule has 0 rings (SSSR count). The Balaban J connectivity index is 4.13. The van der Waals surface area contributed by atoms with Crippen molar-refractivity contribution in [1.82, 2.24) is 0 Å². The van der Waals surface area contributed by atoms with Gasteiger partial charge in [-0.05, 0) is 83.5 Å². The highest BCUT2D eigenvalue weighted by Gasteiger charge is 2.26. The number of phosphoric acid groups is 1. The Bertz CT molecular complexity index is 1110. The lowest BCUT2D eigenvalue weighted by Gasteiger charge is -2.20. The molecule has 0 aromatic carbocycles. The van der Waals surface area contributed by atoms with E-state index in [2.05, 4.69) is 86.8 Å². The Morgan fingerprint density at radius 3 is 1.53 bits per heavy atom. The van der Waals surface area contributed by atoms with Crippen molar-refractivity contribution in [3.05, 3.63) is 72.9 Å². The third-order valence-electron chi connectivity index (χ3n) is 9.13. The van der Waals surface area contributed by atoms with Crippen molar-refractivity contribution < 1.29 is 43.0 Å². The molecule has 0 aliphatic carbocycles. The molecule has 0 radical (unpaired) electrons. The summed E-state index contributed by atoms with van der Waals surface area (Å²) >= 11 is 0. The third kappa shape index (κ3) is 43.3. The number of hydrogen-bond acceptors (Lipinski definition) is 8. The molecule has 0 bridgehead atoms. The first-order valence-electron chi connectivity index (χ1n) is 22.4. The van der Waals surface area contributed by atoms with Gasteiger partial charge >= 0.3 is 13.8 Å². The van der Waals surface area contributed by atoms with Gasteiger partial charge in [0.15, 0.2) is 0 Å². The van der Waals surface area contributed by atoms with Crippen molar-refractivity contribution in [2.24, 2.45) is 0 Å². The molecule has 0 saturated heterocycles. The summed E-state index contributed by atoms with van der Waals surface area (Å²) in [5.41, 5.74) is 0. The molecule has 0 amide bonds.